The van der Waals surface area contributed by atoms with Gasteiger partial charge >= 0.3 is 0 Å². The Morgan fingerprint density at radius 3 is 2.67 bits per heavy atom. The fraction of sp³-hybridized carbons (Fsp3) is 0.118. The minimum Gasteiger partial charge on any atom is -0.366 e. The number of anilines is 1. The molecule has 3 aromatic rings. The van der Waals surface area contributed by atoms with Gasteiger partial charge in [-0.3, -0.25) is 0 Å². The molecule has 0 radical (unpaired) electrons. The molecule has 0 aliphatic rings. The van der Waals surface area contributed by atoms with E-state index in [0.717, 1.165) is 10.9 Å². The average molecular weight is 345 g/mol. The van der Waals surface area contributed by atoms with Crippen LogP contribution in [0, 0.1) is 5.82 Å². The maximum atomic E-state index is 13.3. The van der Waals surface area contributed by atoms with Crippen molar-refractivity contribution < 1.29 is 12.8 Å². The number of aromatic nitrogens is 1. The predicted octanol–water partition coefficient (Wildman–Crippen LogP) is 2.89. The summed E-state index contributed by atoms with van der Waals surface area (Å²) < 4.78 is 39.2. The van der Waals surface area contributed by atoms with E-state index in [2.05, 4.69) is 15.0 Å². The Kier molecular flexibility index (Phi) is 4.46. The topological polar surface area (TPSA) is 71.1 Å². The number of halogens is 1. The highest BCUT2D eigenvalue weighted by Crippen LogP contribution is 2.17. The lowest BCUT2D eigenvalue weighted by atomic mass is 10.2. The minimum atomic E-state index is -3.47. The predicted molar refractivity (Wildman–Crippen MR) is 91.7 cm³/mol. The molecule has 7 heteroatoms. The van der Waals surface area contributed by atoms with Crippen LogP contribution in [-0.2, 0) is 16.6 Å². The second kappa shape index (κ2) is 6.54. The van der Waals surface area contributed by atoms with Crippen molar-refractivity contribution in [2.24, 2.45) is 0 Å². The Morgan fingerprint density at radius 2 is 1.88 bits per heavy atom. The fourth-order valence-corrected chi connectivity index (χ4v) is 3.12. The van der Waals surface area contributed by atoms with Gasteiger partial charge in [0.25, 0.3) is 0 Å². The van der Waals surface area contributed by atoms with Crippen molar-refractivity contribution in [3.63, 3.8) is 0 Å². The Labute approximate surface area is 139 Å². The molecule has 0 bridgehead atoms. The third kappa shape index (κ3) is 3.52. The molecule has 0 aliphatic carbocycles. The number of pyridine rings is 1. The summed E-state index contributed by atoms with van der Waals surface area (Å²) in [6.07, 6.45) is 0. The number of nitrogens with one attached hydrogen (secondary N) is 2. The first-order valence-corrected chi connectivity index (χ1v) is 8.79. The third-order valence-electron chi connectivity index (χ3n) is 3.61. The van der Waals surface area contributed by atoms with E-state index < -0.39 is 10.0 Å². The molecule has 0 saturated carbocycles. The van der Waals surface area contributed by atoms with Gasteiger partial charge in [0.1, 0.15) is 11.6 Å². The lowest BCUT2D eigenvalue weighted by Crippen LogP contribution is -2.18. The second-order valence-electron chi connectivity index (χ2n) is 5.24. The molecule has 1 aromatic heterocycles. The summed E-state index contributed by atoms with van der Waals surface area (Å²) in [5.74, 6) is 0.257. The number of hydrogen-bond acceptors (Lipinski definition) is 4. The van der Waals surface area contributed by atoms with Crippen molar-refractivity contribution in [2.75, 3.05) is 12.4 Å². The fourth-order valence-electron chi connectivity index (χ4n) is 2.32. The summed E-state index contributed by atoms with van der Waals surface area (Å²) in [5.41, 5.74) is 1.36. The van der Waals surface area contributed by atoms with Crippen LogP contribution in [0.1, 0.15) is 5.56 Å². The lowest BCUT2D eigenvalue weighted by molar-refractivity contribution is 0.588. The highest BCUT2D eigenvalue weighted by Gasteiger charge is 2.11. The lowest BCUT2D eigenvalue weighted by Gasteiger charge is -2.09. The summed E-state index contributed by atoms with van der Waals surface area (Å²) in [6.45, 7) is 0.404. The normalized spacial score (nSPS) is 11.6. The van der Waals surface area contributed by atoms with Gasteiger partial charge in [0, 0.05) is 18.0 Å². The van der Waals surface area contributed by atoms with Crippen molar-refractivity contribution >= 4 is 26.7 Å². The van der Waals surface area contributed by atoms with Gasteiger partial charge in [-0.2, -0.15) is 0 Å². The second-order valence-corrected chi connectivity index (χ2v) is 7.13. The molecule has 0 spiro atoms. The molecule has 0 amide bonds. The van der Waals surface area contributed by atoms with Crippen LogP contribution in [0.25, 0.3) is 10.9 Å². The van der Waals surface area contributed by atoms with E-state index in [-0.39, 0.29) is 10.7 Å². The molecule has 0 atom stereocenters. The molecule has 2 N–H and O–H groups in total. The van der Waals surface area contributed by atoms with Crippen LogP contribution in [0.4, 0.5) is 10.2 Å². The van der Waals surface area contributed by atoms with E-state index in [9.17, 15) is 12.8 Å². The third-order valence-corrected chi connectivity index (χ3v) is 5.02. The van der Waals surface area contributed by atoms with Crippen molar-refractivity contribution in [3.8, 4) is 0 Å². The molecular formula is C17H16FN3O2S. The molecule has 1 heterocycles. The van der Waals surface area contributed by atoms with E-state index in [0.29, 0.717) is 17.9 Å². The zero-order valence-electron chi connectivity index (χ0n) is 13.0. The molecule has 24 heavy (non-hydrogen) atoms. The number of hydrogen-bond donors (Lipinski definition) is 2. The molecular weight excluding hydrogens is 329 g/mol. The zero-order chi connectivity index (χ0) is 17.2. The molecule has 5 nitrogen and oxygen atoms in total. The summed E-state index contributed by atoms with van der Waals surface area (Å²) in [5, 5.41) is 3.97. The van der Waals surface area contributed by atoms with Gasteiger partial charge in [-0.25, -0.2) is 22.5 Å². The first-order chi connectivity index (χ1) is 11.5. The van der Waals surface area contributed by atoms with Crippen LogP contribution in [0.15, 0.2) is 59.5 Å². The van der Waals surface area contributed by atoms with Crippen molar-refractivity contribution in [3.05, 3.63) is 66.0 Å². The first kappa shape index (κ1) is 16.4. The Morgan fingerprint density at radius 1 is 1.08 bits per heavy atom. The quantitative estimate of drug-likeness (QED) is 0.746. The molecule has 124 valence electrons. The maximum Gasteiger partial charge on any atom is 0.240 e. The van der Waals surface area contributed by atoms with E-state index in [1.165, 1.54) is 25.2 Å². The van der Waals surface area contributed by atoms with Gasteiger partial charge < -0.3 is 5.32 Å². The van der Waals surface area contributed by atoms with Gasteiger partial charge in [0.05, 0.1) is 10.4 Å². The van der Waals surface area contributed by atoms with Crippen LogP contribution >= 0.6 is 0 Å². The number of nitrogens with zero attached hydrogens (tertiary/aromatic N) is 1. The van der Waals surface area contributed by atoms with Crippen molar-refractivity contribution in [1.29, 1.82) is 0 Å². The van der Waals surface area contributed by atoms with Gasteiger partial charge in [-0.05, 0) is 49.0 Å². The van der Waals surface area contributed by atoms with Gasteiger partial charge in [0.2, 0.25) is 10.0 Å². The maximum absolute atomic E-state index is 13.3. The molecule has 0 saturated heterocycles. The number of sulfonamides is 1. The average Bonchev–Trinajstić information content (AvgIpc) is 2.59. The Balaban J connectivity index is 1.80. The van der Waals surface area contributed by atoms with Crippen molar-refractivity contribution in [1.82, 2.24) is 9.71 Å². The number of fused-ring (bicyclic) bond motifs is 1. The molecule has 3 rings (SSSR count). The highest BCUT2D eigenvalue weighted by molar-refractivity contribution is 7.89. The smallest absolute Gasteiger partial charge is 0.240 e. The van der Waals surface area contributed by atoms with Crippen LogP contribution in [0.2, 0.25) is 0 Å². The standard InChI is InChI=1S/C17H16FN3O2S/c1-19-24(22,23)15-4-2-3-12(9-15)11-20-17-8-6-13-5-7-14(18)10-16(13)21-17/h2-10,19H,11H2,1H3,(H,20,21). The summed E-state index contributed by atoms with van der Waals surface area (Å²) in [7, 11) is -2.10. The van der Waals surface area contributed by atoms with Crippen LogP contribution in [0.3, 0.4) is 0 Å². The van der Waals surface area contributed by atoms with E-state index in [4.69, 9.17) is 0 Å². The van der Waals surface area contributed by atoms with Crippen LogP contribution < -0.4 is 10.0 Å². The molecule has 0 aliphatic heterocycles. The molecule has 2 aromatic carbocycles. The van der Waals surface area contributed by atoms with Gasteiger partial charge in [-0.15, -0.1) is 0 Å². The van der Waals surface area contributed by atoms with Crippen LogP contribution in [0.5, 0.6) is 0 Å². The molecule has 0 fully saturated rings. The number of rotatable bonds is 5. The largest absolute Gasteiger partial charge is 0.366 e. The SMILES string of the molecule is CNS(=O)(=O)c1cccc(CNc2ccc3ccc(F)cc3n2)c1. The van der Waals surface area contributed by atoms with Crippen LogP contribution in [-0.4, -0.2) is 20.4 Å². The first-order valence-electron chi connectivity index (χ1n) is 7.30. The molecule has 0 unspecified atom stereocenters. The summed E-state index contributed by atoms with van der Waals surface area (Å²) in [6, 6.07) is 14.7. The van der Waals surface area contributed by atoms with E-state index in [1.54, 1.807) is 24.3 Å². The minimum absolute atomic E-state index is 0.206. The Hall–Kier alpha value is -2.51. The summed E-state index contributed by atoms with van der Waals surface area (Å²) in [4.78, 5) is 4.56. The number of benzene rings is 2. The zero-order valence-corrected chi connectivity index (χ0v) is 13.8. The highest BCUT2D eigenvalue weighted by atomic mass is 32.2. The van der Waals surface area contributed by atoms with E-state index in [1.807, 2.05) is 12.1 Å². The van der Waals surface area contributed by atoms with E-state index >= 15 is 0 Å². The Bertz CT molecular complexity index is 990. The van der Waals surface area contributed by atoms with Gasteiger partial charge in [-0.1, -0.05) is 12.1 Å². The monoisotopic (exact) mass is 345 g/mol. The van der Waals surface area contributed by atoms with Gasteiger partial charge in [0.15, 0.2) is 0 Å². The summed E-state index contributed by atoms with van der Waals surface area (Å²) >= 11 is 0. The van der Waals surface area contributed by atoms with Crippen molar-refractivity contribution in [2.45, 2.75) is 11.4 Å².